The van der Waals surface area contributed by atoms with Gasteiger partial charge in [-0.2, -0.15) is 13.1 Å². The van der Waals surface area contributed by atoms with Crippen LogP contribution in [0.1, 0.15) is 52.4 Å². The molecule has 146 valence electrons. The van der Waals surface area contributed by atoms with E-state index in [-0.39, 0.29) is 6.04 Å². The second kappa shape index (κ2) is 8.48. The van der Waals surface area contributed by atoms with E-state index in [1.54, 1.807) is 0 Å². The Labute approximate surface area is 158 Å². The summed E-state index contributed by atoms with van der Waals surface area (Å²) in [5.74, 6) is 0. The highest BCUT2D eigenvalue weighted by atomic mass is 32.2. The summed E-state index contributed by atoms with van der Waals surface area (Å²) in [5.41, 5.74) is 2.77. The molecular weight excluding hydrogens is 348 g/mol. The number of anilines is 3. The lowest BCUT2D eigenvalue weighted by Gasteiger charge is -2.33. The Hall–Kier alpha value is -1.47. The number of benzene rings is 1. The second-order valence-corrected chi connectivity index (χ2v) is 9.12. The Kier molecular flexibility index (Phi) is 6.29. The molecule has 0 unspecified atom stereocenters. The lowest BCUT2D eigenvalue weighted by atomic mass is 10.1. The van der Waals surface area contributed by atoms with Gasteiger partial charge in [0.2, 0.25) is 0 Å². The third kappa shape index (κ3) is 5.04. The Bertz CT molecular complexity index is 693. The predicted molar refractivity (Wildman–Crippen MR) is 109 cm³/mol. The van der Waals surface area contributed by atoms with Crippen LogP contribution in [0.25, 0.3) is 0 Å². The van der Waals surface area contributed by atoms with Crippen LogP contribution >= 0.6 is 0 Å². The molecular formula is C19H32N4O2S. The molecule has 2 aliphatic rings. The third-order valence-electron chi connectivity index (χ3n) is 5.03. The summed E-state index contributed by atoms with van der Waals surface area (Å²) < 4.78 is 30.4. The number of hydrogen-bond acceptors (Lipinski definition) is 4. The normalized spacial score (nSPS) is 19.0. The van der Waals surface area contributed by atoms with Gasteiger partial charge in [-0.25, -0.2) is 0 Å². The molecule has 2 saturated heterocycles. The number of nitrogens with zero attached hydrogens (tertiary/aromatic N) is 2. The van der Waals surface area contributed by atoms with Crippen LogP contribution in [-0.4, -0.2) is 40.6 Å². The molecule has 26 heavy (non-hydrogen) atoms. The standard InChI is InChI=1S/C19H32N4O2S/c1-16(2)20-26(24,25)21-18-15-17(22-11-5-3-6-12-22)9-10-19(18)23-13-7-4-8-14-23/h9-10,15-16,20-21H,3-8,11-14H2,1-2H3. The van der Waals surface area contributed by atoms with Crippen molar-refractivity contribution < 1.29 is 8.42 Å². The fourth-order valence-electron chi connectivity index (χ4n) is 3.85. The van der Waals surface area contributed by atoms with E-state index >= 15 is 0 Å². The van der Waals surface area contributed by atoms with Gasteiger partial charge < -0.3 is 9.80 Å². The third-order valence-corrected chi connectivity index (χ3v) is 6.30. The van der Waals surface area contributed by atoms with Crippen molar-refractivity contribution in [1.82, 2.24) is 4.72 Å². The Morgan fingerprint density at radius 2 is 1.46 bits per heavy atom. The van der Waals surface area contributed by atoms with Gasteiger partial charge in [0.15, 0.2) is 0 Å². The Morgan fingerprint density at radius 1 is 0.885 bits per heavy atom. The summed E-state index contributed by atoms with van der Waals surface area (Å²) in [6.45, 7) is 7.70. The highest BCUT2D eigenvalue weighted by Gasteiger charge is 2.21. The summed E-state index contributed by atoms with van der Waals surface area (Å²) in [6.07, 6.45) is 7.24. The van der Waals surface area contributed by atoms with Gasteiger partial charge >= 0.3 is 0 Å². The van der Waals surface area contributed by atoms with Gasteiger partial charge in [0.05, 0.1) is 11.4 Å². The molecule has 6 nitrogen and oxygen atoms in total. The minimum absolute atomic E-state index is 0.142. The van der Waals surface area contributed by atoms with Crippen molar-refractivity contribution in [2.45, 2.75) is 58.4 Å². The fourth-order valence-corrected chi connectivity index (χ4v) is 4.98. The number of hydrogen-bond donors (Lipinski definition) is 2. The van der Waals surface area contributed by atoms with E-state index in [0.29, 0.717) is 5.69 Å². The molecule has 0 bridgehead atoms. The maximum Gasteiger partial charge on any atom is 0.299 e. The lowest BCUT2D eigenvalue weighted by Crippen LogP contribution is -2.36. The first-order chi connectivity index (χ1) is 12.4. The molecule has 7 heteroatoms. The molecule has 3 rings (SSSR count). The summed E-state index contributed by atoms with van der Waals surface area (Å²) >= 11 is 0. The first-order valence-corrected chi connectivity index (χ1v) is 11.4. The van der Waals surface area contributed by atoms with Crippen LogP contribution in [0.5, 0.6) is 0 Å². The fraction of sp³-hybridized carbons (Fsp3) is 0.684. The van der Waals surface area contributed by atoms with Crippen molar-refractivity contribution in [3.8, 4) is 0 Å². The van der Waals surface area contributed by atoms with Crippen molar-refractivity contribution in [1.29, 1.82) is 0 Å². The average Bonchev–Trinajstić information content (AvgIpc) is 2.61. The van der Waals surface area contributed by atoms with Crippen LogP contribution in [0, 0.1) is 0 Å². The zero-order valence-corrected chi connectivity index (χ0v) is 16.8. The molecule has 2 N–H and O–H groups in total. The van der Waals surface area contributed by atoms with E-state index in [0.717, 1.165) is 50.4 Å². The van der Waals surface area contributed by atoms with E-state index in [1.807, 2.05) is 19.9 Å². The average molecular weight is 381 g/mol. The smallest absolute Gasteiger partial charge is 0.299 e. The molecule has 1 aromatic carbocycles. The summed E-state index contributed by atoms with van der Waals surface area (Å²) in [4.78, 5) is 4.66. The largest absolute Gasteiger partial charge is 0.371 e. The van der Waals surface area contributed by atoms with E-state index in [1.165, 1.54) is 25.7 Å². The molecule has 0 aliphatic carbocycles. The van der Waals surface area contributed by atoms with E-state index < -0.39 is 10.2 Å². The highest BCUT2D eigenvalue weighted by Crippen LogP contribution is 2.34. The van der Waals surface area contributed by atoms with E-state index in [9.17, 15) is 8.42 Å². The molecule has 0 atom stereocenters. The molecule has 0 spiro atoms. The lowest BCUT2D eigenvalue weighted by molar-refractivity contribution is 0.573. The number of rotatable bonds is 6. The van der Waals surface area contributed by atoms with Crippen molar-refractivity contribution in [3.05, 3.63) is 18.2 Å². The summed E-state index contributed by atoms with van der Waals surface area (Å²) in [5, 5.41) is 0. The first kappa shape index (κ1) is 19.3. The Morgan fingerprint density at radius 3 is 2.04 bits per heavy atom. The van der Waals surface area contributed by atoms with Crippen molar-refractivity contribution in [2.24, 2.45) is 0 Å². The zero-order chi connectivity index (χ0) is 18.6. The van der Waals surface area contributed by atoms with Crippen LogP contribution in [0.15, 0.2) is 18.2 Å². The molecule has 2 fully saturated rings. The Balaban J connectivity index is 1.90. The summed E-state index contributed by atoms with van der Waals surface area (Å²) in [6, 6.07) is 6.09. The molecule has 2 heterocycles. The van der Waals surface area contributed by atoms with Gasteiger partial charge in [-0.1, -0.05) is 0 Å². The van der Waals surface area contributed by atoms with Gasteiger partial charge in [-0.3, -0.25) is 4.72 Å². The van der Waals surface area contributed by atoms with Gasteiger partial charge in [0.25, 0.3) is 10.2 Å². The van der Waals surface area contributed by atoms with Gasteiger partial charge in [0, 0.05) is 37.9 Å². The van der Waals surface area contributed by atoms with Crippen LogP contribution in [0.3, 0.4) is 0 Å². The van der Waals surface area contributed by atoms with Crippen LogP contribution in [-0.2, 0) is 10.2 Å². The van der Waals surface area contributed by atoms with Gasteiger partial charge in [0.1, 0.15) is 0 Å². The monoisotopic (exact) mass is 380 g/mol. The van der Waals surface area contributed by atoms with Gasteiger partial charge in [-0.05, 0) is 70.6 Å². The zero-order valence-electron chi connectivity index (χ0n) is 16.0. The van der Waals surface area contributed by atoms with Crippen LogP contribution < -0.4 is 19.2 Å². The number of piperidine rings is 2. The molecule has 2 aliphatic heterocycles. The van der Waals surface area contributed by atoms with Crippen molar-refractivity contribution in [3.63, 3.8) is 0 Å². The molecule has 0 aromatic heterocycles. The van der Waals surface area contributed by atoms with Crippen molar-refractivity contribution in [2.75, 3.05) is 40.7 Å². The van der Waals surface area contributed by atoms with Gasteiger partial charge in [-0.15, -0.1) is 0 Å². The highest BCUT2D eigenvalue weighted by molar-refractivity contribution is 7.90. The second-order valence-electron chi connectivity index (χ2n) is 7.67. The van der Waals surface area contributed by atoms with Crippen LogP contribution in [0.4, 0.5) is 17.1 Å². The van der Waals surface area contributed by atoms with Crippen LogP contribution in [0.2, 0.25) is 0 Å². The van der Waals surface area contributed by atoms with E-state index in [4.69, 9.17) is 0 Å². The van der Waals surface area contributed by atoms with E-state index in [2.05, 4.69) is 31.4 Å². The van der Waals surface area contributed by atoms with Crippen molar-refractivity contribution >= 4 is 27.3 Å². The molecule has 0 amide bonds. The maximum atomic E-state index is 12.5. The first-order valence-electron chi connectivity index (χ1n) is 9.89. The minimum atomic E-state index is -3.59. The predicted octanol–water partition coefficient (Wildman–Crippen LogP) is 3.32. The number of nitrogens with one attached hydrogen (secondary N) is 2. The maximum absolute atomic E-state index is 12.5. The quantitative estimate of drug-likeness (QED) is 0.795. The molecule has 0 saturated carbocycles. The topological polar surface area (TPSA) is 64.7 Å². The summed E-state index contributed by atoms with van der Waals surface area (Å²) in [7, 11) is -3.59. The molecule has 0 radical (unpaired) electrons. The SMILES string of the molecule is CC(C)NS(=O)(=O)Nc1cc(N2CCCCC2)ccc1N1CCCCC1. The molecule has 1 aromatic rings. The minimum Gasteiger partial charge on any atom is -0.371 e.